The summed E-state index contributed by atoms with van der Waals surface area (Å²) in [5.41, 5.74) is 0. The summed E-state index contributed by atoms with van der Waals surface area (Å²) in [4.78, 5) is 0. The van der Waals surface area contributed by atoms with Gasteiger partial charge in [-0.2, -0.15) is 8.78 Å². The van der Waals surface area contributed by atoms with E-state index >= 15 is 4.39 Å². The molecule has 1 heterocycles. The van der Waals surface area contributed by atoms with Gasteiger partial charge in [-0.3, -0.25) is 0 Å². The molecule has 0 spiro atoms. The minimum atomic E-state index is -3.52. The van der Waals surface area contributed by atoms with Crippen molar-refractivity contribution < 1.29 is 31.1 Å². The van der Waals surface area contributed by atoms with E-state index in [1.807, 2.05) is 0 Å². The van der Waals surface area contributed by atoms with Crippen molar-refractivity contribution in [2.75, 3.05) is 6.54 Å². The molecule has 0 aromatic heterocycles. The normalized spacial score (nSPS) is 47.9. The molecule has 3 aliphatic carbocycles. The van der Waals surface area contributed by atoms with Crippen LogP contribution in [0, 0.1) is 29.6 Å². The van der Waals surface area contributed by atoms with Gasteiger partial charge in [0.2, 0.25) is 0 Å². The van der Waals surface area contributed by atoms with E-state index < -0.39 is 55.7 Å². The highest BCUT2D eigenvalue weighted by Crippen LogP contribution is 2.45. The standard InChI is InChI=1S/C25H39F6NO/c1-14-2-4-15(5-3-14)17-10-22(28)24(32-13-17)16-6-8-18(9-7-16)25(30,31)33-19-11-20(26)23(29)21(27)12-19/h14-24,32H,2-13H2,1H3. The predicted molar refractivity (Wildman–Crippen MR) is 115 cm³/mol. The van der Waals surface area contributed by atoms with Gasteiger partial charge in [-0.15, -0.1) is 0 Å². The average Bonchev–Trinajstić information content (AvgIpc) is 2.78. The van der Waals surface area contributed by atoms with E-state index in [4.69, 9.17) is 4.74 Å². The van der Waals surface area contributed by atoms with Crippen LogP contribution in [0.3, 0.4) is 0 Å². The van der Waals surface area contributed by atoms with E-state index in [1.165, 1.54) is 25.7 Å². The smallest absolute Gasteiger partial charge is 0.317 e. The summed E-state index contributed by atoms with van der Waals surface area (Å²) in [6.07, 6.45) is -6.77. The molecule has 0 aromatic rings. The Morgan fingerprint density at radius 3 is 1.85 bits per heavy atom. The molecule has 5 unspecified atom stereocenters. The Kier molecular flexibility index (Phi) is 8.24. The number of nitrogens with one attached hydrogen (secondary N) is 1. The molecule has 0 amide bonds. The molecule has 5 atom stereocenters. The van der Waals surface area contributed by atoms with Gasteiger partial charge in [0, 0.05) is 18.9 Å². The lowest BCUT2D eigenvalue weighted by atomic mass is 9.70. The maximum atomic E-state index is 15.1. The molecule has 2 nitrogen and oxygen atoms in total. The first-order valence-corrected chi connectivity index (χ1v) is 13.0. The topological polar surface area (TPSA) is 21.3 Å². The third-order valence-corrected chi connectivity index (χ3v) is 9.01. The molecule has 8 heteroatoms. The van der Waals surface area contributed by atoms with Gasteiger partial charge in [0.15, 0.2) is 6.17 Å². The van der Waals surface area contributed by atoms with Crippen LogP contribution in [0.5, 0.6) is 0 Å². The Hall–Kier alpha value is -0.500. The number of rotatable bonds is 5. The first-order chi connectivity index (χ1) is 15.6. The van der Waals surface area contributed by atoms with E-state index in [0.29, 0.717) is 31.1 Å². The molecular weight excluding hydrogens is 444 g/mol. The van der Waals surface area contributed by atoms with Crippen molar-refractivity contribution in [1.82, 2.24) is 5.32 Å². The minimum Gasteiger partial charge on any atom is -0.317 e. The molecule has 4 aliphatic rings. The van der Waals surface area contributed by atoms with Gasteiger partial charge >= 0.3 is 6.11 Å². The molecule has 0 aromatic carbocycles. The molecule has 3 saturated carbocycles. The molecule has 1 saturated heterocycles. The van der Waals surface area contributed by atoms with Gasteiger partial charge in [0.1, 0.15) is 18.5 Å². The maximum absolute atomic E-state index is 15.1. The van der Waals surface area contributed by atoms with Crippen LogP contribution in [-0.4, -0.2) is 49.5 Å². The van der Waals surface area contributed by atoms with E-state index in [1.54, 1.807) is 0 Å². The monoisotopic (exact) mass is 483 g/mol. The fraction of sp³-hybridized carbons (Fsp3) is 1.00. The predicted octanol–water partition coefficient (Wildman–Crippen LogP) is 6.72. The maximum Gasteiger partial charge on any atom is 0.358 e. The highest BCUT2D eigenvalue weighted by atomic mass is 19.3. The fourth-order valence-electron chi connectivity index (χ4n) is 6.83. The Labute approximate surface area is 193 Å². The Morgan fingerprint density at radius 1 is 0.697 bits per heavy atom. The molecule has 0 radical (unpaired) electrons. The van der Waals surface area contributed by atoms with E-state index in [2.05, 4.69) is 12.2 Å². The zero-order chi connectivity index (χ0) is 23.8. The fourth-order valence-corrected chi connectivity index (χ4v) is 6.83. The quantitative estimate of drug-likeness (QED) is 0.438. The lowest BCUT2D eigenvalue weighted by Crippen LogP contribution is -2.53. The third kappa shape index (κ3) is 6.02. The van der Waals surface area contributed by atoms with E-state index in [9.17, 15) is 22.0 Å². The molecule has 1 N–H and O–H groups in total. The number of piperidine rings is 1. The summed E-state index contributed by atoms with van der Waals surface area (Å²) in [7, 11) is 0. The summed E-state index contributed by atoms with van der Waals surface area (Å²) in [6, 6.07) is -0.293. The van der Waals surface area contributed by atoms with Gasteiger partial charge in [-0.25, -0.2) is 17.6 Å². The van der Waals surface area contributed by atoms with Crippen molar-refractivity contribution >= 4 is 0 Å². The third-order valence-electron chi connectivity index (χ3n) is 9.01. The number of halogens is 6. The van der Waals surface area contributed by atoms with Crippen LogP contribution >= 0.6 is 0 Å². The zero-order valence-corrected chi connectivity index (χ0v) is 19.5. The molecule has 4 fully saturated rings. The first kappa shape index (κ1) is 25.6. The van der Waals surface area contributed by atoms with Gasteiger partial charge in [-0.05, 0) is 75.2 Å². The number of hydrogen-bond donors (Lipinski definition) is 1. The van der Waals surface area contributed by atoms with Crippen molar-refractivity contribution in [3.63, 3.8) is 0 Å². The molecular formula is C25H39F6NO. The Bertz CT molecular complexity index is 610. The molecule has 192 valence electrons. The van der Waals surface area contributed by atoms with Crippen LogP contribution in [0.2, 0.25) is 0 Å². The summed E-state index contributed by atoms with van der Waals surface area (Å²) >= 11 is 0. The lowest BCUT2D eigenvalue weighted by Gasteiger charge is -2.44. The van der Waals surface area contributed by atoms with Crippen LogP contribution in [0.4, 0.5) is 26.3 Å². The molecule has 4 rings (SSSR count). The molecule has 1 aliphatic heterocycles. The molecule has 33 heavy (non-hydrogen) atoms. The van der Waals surface area contributed by atoms with E-state index in [-0.39, 0.29) is 24.8 Å². The second-order valence-electron chi connectivity index (χ2n) is 11.3. The van der Waals surface area contributed by atoms with Crippen molar-refractivity contribution in [3.05, 3.63) is 0 Å². The number of alkyl halides is 6. The van der Waals surface area contributed by atoms with Gasteiger partial charge in [0.05, 0.1) is 12.0 Å². The number of hydrogen-bond acceptors (Lipinski definition) is 2. The lowest BCUT2D eigenvalue weighted by molar-refractivity contribution is -0.306. The minimum absolute atomic E-state index is 0.00630. The summed E-state index contributed by atoms with van der Waals surface area (Å²) < 4.78 is 89.8. The van der Waals surface area contributed by atoms with E-state index in [0.717, 1.165) is 12.5 Å². The summed E-state index contributed by atoms with van der Waals surface area (Å²) in [6.45, 7) is 3.08. The van der Waals surface area contributed by atoms with Crippen LogP contribution in [0.1, 0.15) is 77.6 Å². The SMILES string of the molecule is CC1CCC(C2CNC(C3CCC(C(F)(F)OC4CC(F)C(F)C(F)C4)CC3)C(F)C2)CC1. The van der Waals surface area contributed by atoms with Crippen molar-refractivity contribution in [2.24, 2.45) is 29.6 Å². The zero-order valence-electron chi connectivity index (χ0n) is 19.5. The van der Waals surface area contributed by atoms with Gasteiger partial charge in [0.25, 0.3) is 0 Å². The highest BCUT2D eigenvalue weighted by molar-refractivity contribution is 4.95. The summed E-state index contributed by atoms with van der Waals surface area (Å²) in [5, 5.41) is 3.42. The molecule has 0 bridgehead atoms. The highest BCUT2D eigenvalue weighted by Gasteiger charge is 2.49. The largest absolute Gasteiger partial charge is 0.358 e. The van der Waals surface area contributed by atoms with Crippen LogP contribution in [0.15, 0.2) is 0 Å². The Morgan fingerprint density at radius 2 is 1.27 bits per heavy atom. The van der Waals surface area contributed by atoms with Crippen molar-refractivity contribution in [3.8, 4) is 0 Å². The van der Waals surface area contributed by atoms with Crippen LogP contribution in [-0.2, 0) is 4.74 Å². The average molecular weight is 484 g/mol. The first-order valence-electron chi connectivity index (χ1n) is 13.0. The summed E-state index contributed by atoms with van der Waals surface area (Å²) in [5.74, 6) is 0.647. The Balaban J connectivity index is 1.24. The van der Waals surface area contributed by atoms with Crippen molar-refractivity contribution in [1.29, 1.82) is 0 Å². The van der Waals surface area contributed by atoms with Crippen LogP contribution in [0.25, 0.3) is 0 Å². The second-order valence-corrected chi connectivity index (χ2v) is 11.3. The second kappa shape index (κ2) is 10.6. The van der Waals surface area contributed by atoms with Crippen LogP contribution < -0.4 is 5.32 Å². The number of ether oxygens (including phenoxy) is 1. The van der Waals surface area contributed by atoms with Crippen molar-refractivity contribution in [2.45, 2.75) is 120 Å². The van der Waals surface area contributed by atoms with Gasteiger partial charge < -0.3 is 10.1 Å². The van der Waals surface area contributed by atoms with Gasteiger partial charge in [-0.1, -0.05) is 19.8 Å².